The Morgan fingerprint density at radius 3 is 2.21 bits per heavy atom. The third-order valence-electron chi connectivity index (χ3n) is 2.18. The molecule has 0 atom stereocenters. The first-order valence-corrected chi connectivity index (χ1v) is 5.99. The third kappa shape index (κ3) is 12.1. The van der Waals surface area contributed by atoms with Gasteiger partial charge in [-0.25, -0.2) is 4.79 Å². The quantitative estimate of drug-likeness (QED) is 0.428. The molecule has 5 N–H and O–H groups in total. The molecule has 0 aliphatic heterocycles. The van der Waals surface area contributed by atoms with Gasteiger partial charge in [-0.3, -0.25) is 19.7 Å². The molecule has 0 bridgehead atoms. The highest BCUT2D eigenvalue weighted by molar-refractivity contribution is 5.94. The molecule has 0 aliphatic carbocycles. The van der Waals surface area contributed by atoms with E-state index in [9.17, 15) is 19.2 Å². The molecule has 8 heteroatoms. The highest BCUT2D eigenvalue weighted by atomic mass is 16.4. The van der Waals surface area contributed by atoms with Crippen molar-refractivity contribution in [2.24, 2.45) is 5.73 Å². The van der Waals surface area contributed by atoms with Crippen LogP contribution in [0.15, 0.2) is 0 Å². The first kappa shape index (κ1) is 16.9. The number of carboxylic acid groups (broad SMARTS) is 1. The van der Waals surface area contributed by atoms with Crippen molar-refractivity contribution in [2.75, 3.05) is 6.54 Å². The summed E-state index contributed by atoms with van der Waals surface area (Å²) >= 11 is 0. The highest BCUT2D eigenvalue weighted by Crippen LogP contribution is 1.95. The van der Waals surface area contributed by atoms with E-state index in [1.54, 1.807) is 0 Å². The van der Waals surface area contributed by atoms with Crippen molar-refractivity contribution in [1.29, 1.82) is 0 Å². The number of nitrogens with two attached hydrogens (primary N) is 1. The van der Waals surface area contributed by atoms with Crippen LogP contribution in [0.25, 0.3) is 0 Å². The number of unbranched alkanes of at least 4 members (excludes halogenated alkanes) is 1. The fourth-order valence-corrected chi connectivity index (χ4v) is 1.26. The van der Waals surface area contributed by atoms with E-state index in [0.717, 1.165) is 0 Å². The first-order valence-electron chi connectivity index (χ1n) is 5.99. The molecular weight excluding hydrogens is 254 g/mol. The molecule has 0 aliphatic rings. The molecule has 19 heavy (non-hydrogen) atoms. The van der Waals surface area contributed by atoms with Gasteiger partial charge >= 0.3 is 12.0 Å². The van der Waals surface area contributed by atoms with Gasteiger partial charge in [0.2, 0.25) is 11.8 Å². The number of aliphatic carboxylic acids is 1. The second-order valence-electron chi connectivity index (χ2n) is 3.97. The predicted molar refractivity (Wildman–Crippen MR) is 66.1 cm³/mol. The number of primary amides is 1. The summed E-state index contributed by atoms with van der Waals surface area (Å²) in [5.41, 5.74) is 4.94. The average molecular weight is 273 g/mol. The molecule has 108 valence electrons. The number of carbonyl (C=O) groups is 4. The lowest BCUT2D eigenvalue weighted by Crippen LogP contribution is -2.39. The minimum atomic E-state index is -0.980. The standard InChI is InChI=1S/C11H19N3O5/c12-8(15)4-1-2-7-13-11(19)14-9(16)5-3-6-10(17)18/h1-7H2,(H2,12,15)(H,17,18)(H2,13,14,16,19). The maximum absolute atomic E-state index is 11.2. The molecule has 0 aromatic rings. The van der Waals surface area contributed by atoms with Crippen molar-refractivity contribution >= 4 is 23.8 Å². The number of rotatable bonds is 9. The Hall–Kier alpha value is -2.12. The van der Waals surface area contributed by atoms with Gasteiger partial charge in [0.25, 0.3) is 0 Å². The van der Waals surface area contributed by atoms with E-state index in [1.807, 2.05) is 0 Å². The molecule has 0 aromatic heterocycles. The third-order valence-corrected chi connectivity index (χ3v) is 2.18. The van der Waals surface area contributed by atoms with Gasteiger partial charge in [-0.1, -0.05) is 0 Å². The molecule has 0 aromatic carbocycles. The summed E-state index contributed by atoms with van der Waals surface area (Å²) in [5.74, 6) is -1.89. The van der Waals surface area contributed by atoms with Gasteiger partial charge in [-0.15, -0.1) is 0 Å². The summed E-state index contributed by atoms with van der Waals surface area (Å²) in [5, 5.41) is 12.9. The van der Waals surface area contributed by atoms with Gasteiger partial charge in [-0.2, -0.15) is 0 Å². The molecular formula is C11H19N3O5. The Morgan fingerprint density at radius 1 is 0.947 bits per heavy atom. The number of urea groups is 1. The fourth-order valence-electron chi connectivity index (χ4n) is 1.26. The largest absolute Gasteiger partial charge is 0.481 e. The van der Waals surface area contributed by atoms with Crippen LogP contribution in [-0.2, 0) is 14.4 Å². The number of hydrogen-bond donors (Lipinski definition) is 4. The summed E-state index contributed by atoms with van der Waals surface area (Å²) in [6, 6.07) is -0.626. The molecule has 0 fully saturated rings. The van der Waals surface area contributed by atoms with E-state index < -0.39 is 23.8 Å². The Bertz CT molecular complexity index is 343. The van der Waals surface area contributed by atoms with Crippen molar-refractivity contribution in [3.8, 4) is 0 Å². The zero-order chi connectivity index (χ0) is 14.7. The molecule has 0 spiro atoms. The Morgan fingerprint density at radius 2 is 1.63 bits per heavy atom. The Balaban J connectivity index is 3.54. The van der Waals surface area contributed by atoms with Crippen molar-refractivity contribution in [3.63, 3.8) is 0 Å². The molecule has 0 saturated heterocycles. The van der Waals surface area contributed by atoms with Gasteiger partial charge in [0.15, 0.2) is 0 Å². The second-order valence-corrected chi connectivity index (χ2v) is 3.97. The SMILES string of the molecule is NC(=O)CCCCNC(=O)NC(=O)CCCC(=O)O. The summed E-state index contributed by atoms with van der Waals surface area (Å²) in [6.45, 7) is 0.335. The smallest absolute Gasteiger partial charge is 0.321 e. The Kier molecular flexibility index (Phi) is 8.76. The van der Waals surface area contributed by atoms with Crippen molar-refractivity contribution in [3.05, 3.63) is 0 Å². The normalized spacial score (nSPS) is 9.68. The van der Waals surface area contributed by atoms with E-state index in [-0.39, 0.29) is 25.7 Å². The van der Waals surface area contributed by atoms with Crippen LogP contribution in [0.1, 0.15) is 38.5 Å². The lowest BCUT2D eigenvalue weighted by Gasteiger charge is -2.05. The van der Waals surface area contributed by atoms with Gasteiger partial charge in [0.05, 0.1) is 0 Å². The minimum absolute atomic E-state index is 0.0125. The van der Waals surface area contributed by atoms with Gasteiger partial charge in [0.1, 0.15) is 0 Å². The molecule has 4 amide bonds. The van der Waals surface area contributed by atoms with Crippen LogP contribution < -0.4 is 16.4 Å². The van der Waals surface area contributed by atoms with E-state index in [2.05, 4.69) is 10.6 Å². The van der Waals surface area contributed by atoms with Crippen LogP contribution in [0.5, 0.6) is 0 Å². The molecule has 0 saturated carbocycles. The van der Waals surface area contributed by atoms with Crippen LogP contribution in [0, 0.1) is 0 Å². The van der Waals surface area contributed by atoms with E-state index >= 15 is 0 Å². The zero-order valence-corrected chi connectivity index (χ0v) is 10.6. The van der Waals surface area contributed by atoms with Crippen LogP contribution in [0.3, 0.4) is 0 Å². The van der Waals surface area contributed by atoms with Crippen LogP contribution in [-0.4, -0.2) is 35.5 Å². The van der Waals surface area contributed by atoms with Gasteiger partial charge in [-0.05, 0) is 19.3 Å². The average Bonchev–Trinajstić information content (AvgIpc) is 2.27. The molecule has 8 nitrogen and oxygen atoms in total. The molecule has 0 rings (SSSR count). The maximum Gasteiger partial charge on any atom is 0.321 e. The van der Waals surface area contributed by atoms with E-state index in [0.29, 0.717) is 19.4 Å². The predicted octanol–water partition coefficient (Wildman–Crippen LogP) is -0.277. The van der Waals surface area contributed by atoms with Crippen molar-refractivity contribution in [1.82, 2.24) is 10.6 Å². The highest BCUT2D eigenvalue weighted by Gasteiger charge is 2.07. The van der Waals surface area contributed by atoms with Gasteiger partial charge in [0, 0.05) is 25.8 Å². The maximum atomic E-state index is 11.2. The van der Waals surface area contributed by atoms with Gasteiger partial charge < -0.3 is 16.2 Å². The van der Waals surface area contributed by atoms with Crippen LogP contribution in [0.2, 0.25) is 0 Å². The fraction of sp³-hybridized carbons (Fsp3) is 0.636. The number of amides is 4. The van der Waals surface area contributed by atoms with E-state index in [4.69, 9.17) is 10.8 Å². The zero-order valence-electron chi connectivity index (χ0n) is 10.6. The summed E-state index contributed by atoms with van der Waals surface area (Å²) in [6.07, 6.45) is 1.49. The summed E-state index contributed by atoms with van der Waals surface area (Å²) < 4.78 is 0. The number of imide groups is 1. The molecule has 0 radical (unpaired) electrons. The second kappa shape index (κ2) is 9.86. The number of carboxylic acids is 1. The topological polar surface area (TPSA) is 139 Å². The van der Waals surface area contributed by atoms with Crippen molar-refractivity contribution < 1.29 is 24.3 Å². The number of nitrogens with one attached hydrogen (secondary N) is 2. The van der Waals surface area contributed by atoms with Crippen molar-refractivity contribution in [2.45, 2.75) is 38.5 Å². The summed E-state index contributed by atoms with van der Waals surface area (Å²) in [4.78, 5) is 43.0. The lowest BCUT2D eigenvalue weighted by molar-refractivity contribution is -0.137. The van der Waals surface area contributed by atoms with E-state index in [1.165, 1.54) is 0 Å². The van der Waals surface area contributed by atoms with Crippen LogP contribution >= 0.6 is 0 Å². The monoisotopic (exact) mass is 273 g/mol. The van der Waals surface area contributed by atoms with Crippen LogP contribution in [0.4, 0.5) is 4.79 Å². The number of hydrogen-bond acceptors (Lipinski definition) is 4. The molecule has 0 heterocycles. The minimum Gasteiger partial charge on any atom is -0.481 e. The first-order chi connectivity index (χ1) is 8.91. The molecule has 0 unspecified atom stereocenters. The lowest BCUT2D eigenvalue weighted by atomic mass is 10.2. The Labute approximate surface area is 110 Å². The number of carbonyl (C=O) groups excluding carboxylic acids is 3. The summed E-state index contributed by atoms with van der Waals surface area (Å²) in [7, 11) is 0.